The van der Waals surface area contributed by atoms with E-state index in [1.165, 1.54) is 31.7 Å². The van der Waals surface area contributed by atoms with Crippen LogP contribution in [0.25, 0.3) is 0 Å². The highest BCUT2D eigenvalue weighted by Gasteiger charge is 2.23. The molecule has 1 aliphatic rings. The van der Waals surface area contributed by atoms with Crippen molar-refractivity contribution in [1.29, 1.82) is 0 Å². The van der Waals surface area contributed by atoms with Crippen molar-refractivity contribution in [1.82, 2.24) is 5.32 Å². The molecule has 1 aliphatic carbocycles. The summed E-state index contributed by atoms with van der Waals surface area (Å²) in [7, 11) is 0. The van der Waals surface area contributed by atoms with E-state index in [-0.39, 0.29) is 17.5 Å². The molecule has 0 bridgehead atoms. The van der Waals surface area contributed by atoms with Gasteiger partial charge in [0.1, 0.15) is 11.5 Å². The van der Waals surface area contributed by atoms with Crippen molar-refractivity contribution in [3.05, 3.63) is 23.8 Å². The Morgan fingerprint density at radius 3 is 2.44 bits per heavy atom. The van der Waals surface area contributed by atoms with Gasteiger partial charge >= 0.3 is 0 Å². The second-order valence-electron chi connectivity index (χ2n) is 5.46. The molecule has 0 radical (unpaired) electrons. The van der Waals surface area contributed by atoms with Crippen molar-refractivity contribution in [3.63, 3.8) is 0 Å². The minimum Gasteiger partial charge on any atom is -0.508 e. The maximum atomic E-state index is 9.84. The summed E-state index contributed by atoms with van der Waals surface area (Å²) in [6.45, 7) is 4.28. The Morgan fingerprint density at radius 2 is 1.83 bits per heavy atom. The van der Waals surface area contributed by atoms with Crippen molar-refractivity contribution in [2.24, 2.45) is 5.92 Å². The van der Waals surface area contributed by atoms with Crippen LogP contribution >= 0.6 is 0 Å². The van der Waals surface area contributed by atoms with E-state index < -0.39 is 0 Å². The Morgan fingerprint density at radius 1 is 1.17 bits per heavy atom. The highest BCUT2D eigenvalue weighted by Crippen LogP contribution is 2.31. The van der Waals surface area contributed by atoms with Crippen LogP contribution in [0, 0.1) is 5.92 Å². The molecule has 3 nitrogen and oxygen atoms in total. The summed E-state index contributed by atoms with van der Waals surface area (Å²) >= 11 is 0. The van der Waals surface area contributed by atoms with E-state index in [0.29, 0.717) is 6.04 Å². The molecule has 1 unspecified atom stereocenters. The standard InChI is InChI=1S/C15H23NO2/c1-10(12-5-3-4-6-12)16-11(2)14-8-7-13(17)9-15(14)18/h7-12,16-18H,3-6H2,1-2H3/t10-,11?/m1/s1. The Labute approximate surface area is 109 Å². The Balaban J connectivity index is 2.00. The number of benzene rings is 1. The highest BCUT2D eigenvalue weighted by molar-refractivity contribution is 5.40. The first-order valence-electron chi connectivity index (χ1n) is 6.86. The molecule has 0 saturated heterocycles. The molecule has 2 atom stereocenters. The number of hydrogen-bond donors (Lipinski definition) is 3. The minimum absolute atomic E-state index is 0.0983. The highest BCUT2D eigenvalue weighted by atomic mass is 16.3. The SMILES string of the molecule is CC(N[C@H](C)C1CCCC1)c1ccc(O)cc1O. The predicted molar refractivity (Wildman–Crippen MR) is 72.7 cm³/mol. The van der Waals surface area contributed by atoms with E-state index >= 15 is 0 Å². The maximum absolute atomic E-state index is 9.84. The average molecular weight is 249 g/mol. The van der Waals surface area contributed by atoms with E-state index in [0.717, 1.165) is 11.5 Å². The van der Waals surface area contributed by atoms with Gasteiger partial charge in [-0.2, -0.15) is 0 Å². The first-order chi connectivity index (χ1) is 8.58. The molecule has 3 heteroatoms. The van der Waals surface area contributed by atoms with Gasteiger partial charge in [0.25, 0.3) is 0 Å². The molecule has 100 valence electrons. The van der Waals surface area contributed by atoms with Gasteiger partial charge in [-0.1, -0.05) is 18.9 Å². The molecule has 0 aromatic heterocycles. The van der Waals surface area contributed by atoms with Crippen LogP contribution in [0.2, 0.25) is 0 Å². The molecule has 1 fully saturated rings. The monoisotopic (exact) mass is 249 g/mol. The average Bonchev–Trinajstić information content (AvgIpc) is 2.81. The molecule has 1 saturated carbocycles. The third-order valence-electron chi connectivity index (χ3n) is 4.10. The van der Waals surface area contributed by atoms with Crippen molar-refractivity contribution in [3.8, 4) is 11.5 Å². The summed E-state index contributed by atoms with van der Waals surface area (Å²) in [6, 6.07) is 5.36. The quantitative estimate of drug-likeness (QED) is 0.767. The van der Waals surface area contributed by atoms with Crippen LogP contribution in [-0.2, 0) is 0 Å². The van der Waals surface area contributed by atoms with Crippen molar-refractivity contribution < 1.29 is 10.2 Å². The number of hydrogen-bond acceptors (Lipinski definition) is 3. The second kappa shape index (κ2) is 5.61. The summed E-state index contributed by atoms with van der Waals surface area (Å²) in [5.74, 6) is 1.02. The summed E-state index contributed by atoms with van der Waals surface area (Å²) in [4.78, 5) is 0. The van der Waals surface area contributed by atoms with Crippen LogP contribution in [0.4, 0.5) is 0 Å². The van der Waals surface area contributed by atoms with Gasteiger partial charge in [-0.15, -0.1) is 0 Å². The van der Waals surface area contributed by atoms with Crippen LogP contribution in [0.3, 0.4) is 0 Å². The van der Waals surface area contributed by atoms with Crippen LogP contribution in [0.5, 0.6) is 11.5 Å². The normalized spacial score (nSPS) is 19.9. The molecular formula is C15H23NO2. The third-order valence-corrected chi connectivity index (χ3v) is 4.10. The van der Waals surface area contributed by atoms with Crippen LogP contribution in [0.1, 0.15) is 51.1 Å². The van der Waals surface area contributed by atoms with Crippen LogP contribution < -0.4 is 5.32 Å². The van der Waals surface area contributed by atoms with Gasteiger partial charge in [0.15, 0.2) is 0 Å². The fraction of sp³-hybridized carbons (Fsp3) is 0.600. The lowest BCUT2D eigenvalue weighted by Crippen LogP contribution is -2.34. The van der Waals surface area contributed by atoms with Gasteiger partial charge in [-0.05, 0) is 38.7 Å². The molecule has 0 heterocycles. The maximum Gasteiger partial charge on any atom is 0.124 e. The van der Waals surface area contributed by atoms with Crippen molar-refractivity contribution in [2.45, 2.75) is 51.6 Å². The molecule has 2 rings (SSSR count). The largest absolute Gasteiger partial charge is 0.508 e. The minimum atomic E-state index is 0.0983. The Hall–Kier alpha value is -1.22. The zero-order valence-corrected chi connectivity index (χ0v) is 11.2. The molecule has 18 heavy (non-hydrogen) atoms. The lowest BCUT2D eigenvalue weighted by atomic mass is 9.97. The van der Waals surface area contributed by atoms with Gasteiger partial charge in [-0.25, -0.2) is 0 Å². The van der Waals surface area contributed by atoms with Gasteiger partial charge in [-0.3, -0.25) is 0 Å². The molecule has 1 aromatic rings. The number of phenolic OH excluding ortho intramolecular Hbond substituents is 2. The summed E-state index contributed by atoms with van der Waals surface area (Å²) in [5, 5.41) is 22.7. The molecule has 1 aromatic carbocycles. The molecule has 0 aliphatic heterocycles. The molecule has 0 amide bonds. The van der Waals surface area contributed by atoms with Crippen LogP contribution in [-0.4, -0.2) is 16.3 Å². The molecule has 3 N–H and O–H groups in total. The van der Waals surface area contributed by atoms with Crippen LogP contribution in [0.15, 0.2) is 18.2 Å². The number of nitrogens with one attached hydrogen (secondary N) is 1. The zero-order chi connectivity index (χ0) is 13.1. The van der Waals surface area contributed by atoms with Gasteiger partial charge in [0.2, 0.25) is 0 Å². The summed E-state index contributed by atoms with van der Waals surface area (Å²) < 4.78 is 0. The fourth-order valence-electron chi connectivity index (χ4n) is 2.98. The number of aromatic hydroxyl groups is 2. The Bertz CT molecular complexity index is 399. The summed E-state index contributed by atoms with van der Waals surface area (Å²) in [6.07, 6.45) is 5.30. The first-order valence-corrected chi connectivity index (χ1v) is 6.86. The number of phenols is 2. The lowest BCUT2D eigenvalue weighted by Gasteiger charge is -2.25. The predicted octanol–water partition coefficient (Wildman–Crippen LogP) is 3.33. The molecule has 0 spiro atoms. The topological polar surface area (TPSA) is 52.5 Å². The van der Waals surface area contributed by atoms with Gasteiger partial charge in [0, 0.05) is 23.7 Å². The smallest absolute Gasteiger partial charge is 0.124 e. The third kappa shape index (κ3) is 2.96. The van der Waals surface area contributed by atoms with Crippen molar-refractivity contribution >= 4 is 0 Å². The lowest BCUT2D eigenvalue weighted by molar-refractivity contribution is 0.346. The van der Waals surface area contributed by atoms with E-state index in [2.05, 4.69) is 19.2 Å². The summed E-state index contributed by atoms with van der Waals surface area (Å²) in [5.41, 5.74) is 0.845. The van der Waals surface area contributed by atoms with E-state index in [1.54, 1.807) is 12.1 Å². The number of rotatable bonds is 4. The van der Waals surface area contributed by atoms with E-state index in [1.807, 2.05) is 0 Å². The van der Waals surface area contributed by atoms with Gasteiger partial charge in [0.05, 0.1) is 0 Å². The zero-order valence-electron chi connectivity index (χ0n) is 11.2. The van der Waals surface area contributed by atoms with Crippen molar-refractivity contribution in [2.75, 3.05) is 0 Å². The van der Waals surface area contributed by atoms with E-state index in [4.69, 9.17) is 0 Å². The molecular weight excluding hydrogens is 226 g/mol. The van der Waals surface area contributed by atoms with Gasteiger partial charge < -0.3 is 15.5 Å². The second-order valence-corrected chi connectivity index (χ2v) is 5.46. The van der Waals surface area contributed by atoms with E-state index in [9.17, 15) is 10.2 Å². The first kappa shape index (κ1) is 13.2. The Kier molecular flexibility index (Phi) is 4.12. The fourth-order valence-corrected chi connectivity index (χ4v) is 2.98.